The second-order valence-corrected chi connectivity index (χ2v) is 8.00. The van der Waals surface area contributed by atoms with Gasteiger partial charge in [0.05, 0.1) is 17.4 Å². The lowest BCUT2D eigenvalue weighted by Gasteiger charge is -2.16. The summed E-state index contributed by atoms with van der Waals surface area (Å²) in [7, 11) is -3.72. The summed E-state index contributed by atoms with van der Waals surface area (Å²) in [4.78, 5) is 24.5. The normalized spacial score (nSPS) is 18.8. The van der Waals surface area contributed by atoms with Crippen molar-refractivity contribution in [2.45, 2.75) is 13.5 Å². The number of carbonyl (C=O) groups is 2. The number of amides is 2. The Bertz CT molecular complexity index is 957. The topological polar surface area (TPSA) is 83.6 Å². The molecule has 3 rings (SSSR count). The van der Waals surface area contributed by atoms with E-state index in [4.69, 9.17) is 0 Å². The maximum absolute atomic E-state index is 12.9. The SMILES string of the molecule is C[C@H]1CS(=O)(=O)N(c2cccc(C(=O)NCc3ccc(F)cc3)c2)C1=O. The van der Waals surface area contributed by atoms with Gasteiger partial charge in [-0.2, -0.15) is 0 Å². The Hall–Kier alpha value is -2.74. The van der Waals surface area contributed by atoms with Crippen molar-refractivity contribution < 1.29 is 22.4 Å². The number of hydrogen-bond acceptors (Lipinski definition) is 4. The third-order valence-corrected chi connectivity index (χ3v) is 5.94. The van der Waals surface area contributed by atoms with Crippen LogP contribution in [-0.2, 0) is 21.4 Å². The Kier molecular flexibility index (Phi) is 4.78. The van der Waals surface area contributed by atoms with Crippen LogP contribution in [0.5, 0.6) is 0 Å². The summed E-state index contributed by atoms with van der Waals surface area (Å²) in [6, 6.07) is 11.6. The van der Waals surface area contributed by atoms with Crippen molar-refractivity contribution in [3.8, 4) is 0 Å². The average Bonchev–Trinajstić information content (AvgIpc) is 2.81. The lowest BCUT2D eigenvalue weighted by Crippen LogP contribution is -2.30. The molecule has 1 N–H and O–H groups in total. The lowest BCUT2D eigenvalue weighted by molar-refractivity contribution is -0.119. The van der Waals surface area contributed by atoms with E-state index < -0.39 is 27.8 Å². The summed E-state index contributed by atoms with van der Waals surface area (Å²) < 4.78 is 38.0. The van der Waals surface area contributed by atoms with Gasteiger partial charge in [0.15, 0.2) is 0 Å². The molecule has 0 bridgehead atoms. The highest BCUT2D eigenvalue weighted by atomic mass is 32.2. The van der Waals surface area contributed by atoms with E-state index in [0.717, 1.165) is 9.87 Å². The van der Waals surface area contributed by atoms with Crippen molar-refractivity contribution >= 4 is 27.5 Å². The molecule has 1 heterocycles. The van der Waals surface area contributed by atoms with Crippen LogP contribution in [0.2, 0.25) is 0 Å². The van der Waals surface area contributed by atoms with Gasteiger partial charge >= 0.3 is 0 Å². The molecule has 1 aliphatic heterocycles. The number of benzene rings is 2. The maximum Gasteiger partial charge on any atom is 0.251 e. The minimum Gasteiger partial charge on any atom is -0.348 e. The van der Waals surface area contributed by atoms with Crippen LogP contribution in [0.15, 0.2) is 48.5 Å². The first kappa shape index (κ1) is 18.1. The summed E-state index contributed by atoms with van der Waals surface area (Å²) >= 11 is 0. The van der Waals surface area contributed by atoms with Gasteiger partial charge in [0.2, 0.25) is 15.9 Å². The summed E-state index contributed by atoms with van der Waals surface area (Å²) in [5.74, 6) is -2.15. The van der Waals surface area contributed by atoms with Crippen LogP contribution in [0.1, 0.15) is 22.8 Å². The van der Waals surface area contributed by atoms with Gasteiger partial charge in [-0.1, -0.05) is 25.1 Å². The first-order valence-corrected chi connectivity index (χ1v) is 9.58. The minimum absolute atomic E-state index is 0.147. The van der Waals surface area contributed by atoms with E-state index in [9.17, 15) is 22.4 Å². The van der Waals surface area contributed by atoms with E-state index >= 15 is 0 Å². The summed E-state index contributed by atoms with van der Waals surface area (Å²) in [6.07, 6.45) is 0. The van der Waals surface area contributed by atoms with Crippen molar-refractivity contribution in [2.24, 2.45) is 5.92 Å². The number of carbonyl (C=O) groups excluding carboxylic acids is 2. The lowest BCUT2D eigenvalue weighted by atomic mass is 10.1. The number of anilines is 1. The number of sulfonamides is 1. The molecule has 2 aromatic rings. The predicted molar refractivity (Wildman–Crippen MR) is 94.4 cm³/mol. The Morgan fingerprint density at radius 1 is 1.23 bits per heavy atom. The molecule has 2 aromatic carbocycles. The largest absolute Gasteiger partial charge is 0.348 e. The fraction of sp³-hybridized carbons (Fsp3) is 0.222. The molecular formula is C18H17FN2O4S. The number of halogens is 1. The quantitative estimate of drug-likeness (QED) is 0.885. The van der Waals surface area contributed by atoms with Gasteiger partial charge in [-0.3, -0.25) is 9.59 Å². The van der Waals surface area contributed by atoms with Crippen LogP contribution in [-0.4, -0.2) is 26.0 Å². The molecular weight excluding hydrogens is 359 g/mol. The van der Waals surface area contributed by atoms with Gasteiger partial charge in [-0.05, 0) is 35.9 Å². The van der Waals surface area contributed by atoms with Crippen molar-refractivity contribution in [1.82, 2.24) is 5.32 Å². The molecule has 2 amide bonds. The Morgan fingerprint density at radius 3 is 2.54 bits per heavy atom. The molecule has 1 aliphatic rings. The second kappa shape index (κ2) is 6.87. The fourth-order valence-corrected chi connectivity index (χ4v) is 4.56. The van der Waals surface area contributed by atoms with Crippen LogP contribution in [0.3, 0.4) is 0 Å². The Labute approximate surface area is 150 Å². The van der Waals surface area contributed by atoms with Gasteiger partial charge in [0.1, 0.15) is 5.82 Å². The van der Waals surface area contributed by atoms with Crippen molar-refractivity contribution in [3.63, 3.8) is 0 Å². The number of hydrogen-bond donors (Lipinski definition) is 1. The number of nitrogens with zero attached hydrogens (tertiary/aromatic N) is 1. The molecule has 0 unspecified atom stereocenters. The van der Waals surface area contributed by atoms with Gasteiger partial charge in [-0.25, -0.2) is 17.1 Å². The van der Waals surface area contributed by atoms with Crippen LogP contribution in [0, 0.1) is 11.7 Å². The van der Waals surface area contributed by atoms with Gasteiger partial charge in [0.25, 0.3) is 5.91 Å². The molecule has 1 atom stereocenters. The van der Waals surface area contributed by atoms with Crippen molar-refractivity contribution in [3.05, 3.63) is 65.5 Å². The first-order valence-electron chi connectivity index (χ1n) is 7.97. The van der Waals surface area contributed by atoms with Crippen LogP contribution in [0.4, 0.5) is 10.1 Å². The van der Waals surface area contributed by atoms with E-state index in [1.807, 2.05) is 0 Å². The van der Waals surface area contributed by atoms with Gasteiger partial charge < -0.3 is 5.32 Å². The molecule has 8 heteroatoms. The average molecular weight is 376 g/mol. The molecule has 0 spiro atoms. The Balaban J connectivity index is 1.77. The fourth-order valence-electron chi connectivity index (χ4n) is 2.75. The predicted octanol–water partition coefficient (Wildman–Crippen LogP) is 2.07. The summed E-state index contributed by atoms with van der Waals surface area (Å²) in [5.41, 5.74) is 1.10. The van der Waals surface area contributed by atoms with Crippen molar-refractivity contribution in [1.29, 1.82) is 0 Å². The molecule has 26 heavy (non-hydrogen) atoms. The van der Waals surface area contributed by atoms with E-state index in [1.165, 1.54) is 36.4 Å². The van der Waals surface area contributed by atoms with Crippen LogP contribution >= 0.6 is 0 Å². The van der Waals surface area contributed by atoms with E-state index in [1.54, 1.807) is 19.1 Å². The van der Waals surface area contributed by atoms with Crippen LogP contribution < -0.4 is 9.62 Å². The smallest absolute Gasteiger partial charge is 0.251 e. The zero-order valence-corrected chi connectivity index (χ0v) is 14.8. The summed E-state index contributed by atoms with van der Waals surface area (Å²) in [5, 5.41) is 2.68. The molecule has 0 radical (unpaired) electrons. The standard InChI is InChI=1S/C18H17FN2O4S/c1-12-11-26(24,25)21(18(12)23)16-4-2-3-14(9-16)17(22)20-10-13-5-7-15(19)8-6-13/h2-9,12H,10-11H2,1H3,(H,20,22)/t12-/m0/s1. The van der Waals surface area contributed by atoms with E-state index in [0.29, 0.717) is 0 Å². The van der Waals surface area contributed by atoms with Gasteiger partial charge in [-0.15, -0.1) is 0 Å². The number of rotatable bonds is 4. The highest BCUT2D eigenvalue weighted by Crippen LogP contribution is 2.28. The number of nitrogens with one attached hydrogen (secondary N) is 1. The molecule has 0 saturated carbocycles. The summed E-state index contributed by atoms with van der Waals surface area (Å²) in [6.45, 7) is 1.75. The molecule has 1 saturated heterocycles. The molecule has 0 aliphatic carbocycles. The third kappa shape index (κ3) is 3.60. The molecule has 6 nitrogen and oxygen atoms in total. The van der Waals surface area contributed by atoms with Crippen molar-refractivity contribution in [2.75, 3.05) is 10.1 Å². The van der Waals surface area contributed by atoms with Crippen LogP contribution in [0.25, 0.3) is 0 Å². The second-order valence-electron chi connectivity index (χ2n) is 6.14. The molecule has 136 valence electrons. The monoisotopic (exact) mass is 376 g/mol. The maximum atomic E-state index is 12.9. The molecule has 1 fully saturated rings. The van der Waals surface area contributed by atoms with E-state index in [-0.39, 0.29) is 29.4 Å². The Morgan fingerprint density at radius 2 is 1.92 bits per heavy atom. The molecule has 0 aromatic heterocycles. The minimum atomic E-state index is -3.72. The zero-order valence-electron chi connectivity index (χ0n) is 14.0. The highest BCUT2D eigenvalue weighted by Gasteiger charge is 2.42. The highest BCUT2D eigenvalue weighted by molar-refractivity contribution is 7.94. The first-order chi connectivity index (χ1) is 12.3. The zero-order chi connectivity index (χ0) is 18.9. The van der Waals surface area contributed by atoms with Gasteiger partial charge in [0, 0.05) is 12.1 Å². The third-order valence-electron chi connectivity index (χ3n) is 4.07. The van der Waals surface area contributed by atoms with E-state index in [2.05, 4.69) is 5.32 Å².